The minimum Gasteiger partial charge on any atom is -0.493 e. The number of ether oxygens (including phenoxy) is 2. The molecule has 3 atom stereocenters. The van der Waals surface area contributed by atoms with Gasteiger partial charge in [0.2, 0.25) is 5.89 Å². The van der Waals surface area contributed by atoms with Crippen molar-refractivity contribution in [3.63, 3.8) is 0 Å². The Morgan fingerprint density at radius 1 is 1.02 bits per heavy atom. The summed E-state index contributed by atoms with van der Waals surface area (Å²) in [4.78, 5) is 31.1. The number of hydrogen-bond acceptors (Lipinski definition) is 6. The van der Waals surface area contributed by atoms with Crippen LogP contribution in [0.1, 0.15) is 34.9 Å². The van der Waals surface area contributed by atoms with E-state index < -0.39 is 23.4 Å². The van der Waals surface area contributed by atoms with Gasteiger partial charge < -0.3 is 23.9 Å². The molecule has 210 valence electrons. The Hall–Kier alpha value is -4.59. The Morgan fingerprint density at radius 2 is 1.73 bits per heavy atom. The highest BCUT2D eigenvalue weighted by Crippen LogP contribution is 2.66. The normalized spacial score (nSPS) is 21.1. The zero-order valence-corrected chi connectivity index (χ0v) is 22.9. The lowest BCUT2D eigenvalue weighted by Crippen LogP contribution is -2.30. The van der Waals surface area contributed by atoms with Crippen molar-refractivity contribution in [1.82, 2.24) is 9.88 Å². The molecule has 41 heavy (non-hydrogen) atoms. The molecule has 1 aromatic heterocycles. The Kier molecular flexibility index (Phi) is 7.22. The third kappa shape index (κ3) is 5.55. The molecule has 1 aliphatic heterocycles. The van der Waals surface area contributed by atoms with Gasteiger partial charge in [-0.05, 0) is 54.7 Å². The number of benzene rings is 3. The fraction of sp³-hybridized carbons (Fsp3) is 0.303. The van der Waals surface area contributed by atoms with Crippen LogP contribution in [0.5, 0.6) is 5.75 Å². The Labute approximate surface area is 238 Å². The van der Waals surface area contributed by atoms with Crippen LogP contribution in [-0.2, 0) is 22.6 Å². The van der Waals surface area contributed by atoms with E-state index >= 15 is 0 Å². The van der Waals surface area contributed by atoms with Gasteiger partial charge in [0, 0.05) is 30.5 Å². The van der Waals surface area contributed by atoms with Gasteiger partial charge in [-0.1, -0.05) is 60.7 Å². The molecular weight excluding hydrogens is 520 g/mol. The van der Waals surface area contributed by atoms with Gasteiger partial charge in [0.15, 0.2) is 0 Å². The number of aliphatic carboxylic acids is 1. The zero-order chi connectivity index (χ0) is 28.4. The van der Waals surface area contributed by atoms with E-state index in [0.29, 0.717) is 25.5 Å². The van der Waals surface area contributed by atoms with Crippen molar-refractivity contribution in [3.8, 4) is 17.2 Å². The van der Waals surface area contributed by atoms with Gasteiger partial charge in [0.05, 0.1) is 18.2 Å². The molecule has 2 heterocycles. The maximum atomic E-state index is 12.8. The first-order valence-electron chi connectivity index (χ1n) is 13.9. The SMILES string of the molecule is Cc1oc(-c2ccccc2)nc1CCOc1ccc(C2CC23CN(C(=O)OCc2ccccc2)CC3C(=O)O)cc1. The van der Waals surface area contributed by atoms with Crippen LogP contribution < -0.4 is 4.74 Å². The minimum atomic E-state index is -0.871. The summed E-state index contributed by atoms with van der Waals surface area (Å²) in [7, 11) is 0. The van der Waals surface area contributed by atoms with E-state index in [2.05, 4.69) is 4.98 Å². The van der Waals surface area contributed by atoms with Crippen LogP contribution in [0, 0.1) is 18.3 Å². The van der Waals surface area contributed by atoms with Crippen molar-refractivity contribution in [3.05, 3.63) is 108 Å². The summed E-state index contributed by atoms with van der Waals surface area (Å²) in [5.74, 6) is 0.697. The Bertz CT molecular complexity index is 1520. The molecular formula is C33H32N2O6. The van der Waals surface area contributed by atoms with Crippen molar-refractivity contribution < 1.29 is 28.6 Å². The lowest BCUT2D eigenvalue weighted by molar-refractivity contribution is -0.143. The molecule has 6 rings (SSSR count). The van der Waals surface area contributed by atoms with Crippen LogP contribution in [-0.4, -0.2) is 46.7 Å². The van der Waals surface area contributed by atoms with Crippen molar-refractivity contribution in [2.45, 2.75) is 32.3 Å². The molecule has 2 aliphatic rings. The van der Waals surface area contributed by atoms with Crippen LogP contribution in [0.4, 0.5) is 4.79 Å². The Morgan fingerprint density at radius 3 is 2.44 bits per heavy atom. The molecule has 1 saturated heterocycles. The first kappa shape index (κ1) is 26.6. The van der Waals surface area contributed by atoms with Crippen molar-refractivity contribution in [2.24, 2.45) is 11.3 Å². The van der Waals surface area contributed by atoms with Gasteiger partial charge in [-0.25, -0.2) is 9.78 Å². The standard InChI is InChI=1S/C33H32N2O6/c1-22-29(34-30(41-22)25-10-6-3-7-11-25)16-17-39-26-14-12-24(13-15-26)27-18-33(27)21-35(19-28(33)31(36)37)32(38)40-20-23-8-4-2-5-9-23/h2-15,27-28H,16-21H2,1H3,(H,36,37). The van der Waals surface area contributed by atoms with Crippen LogP contribution in [0.2, 0.25) is 0 Å². The van der Waals surface area contributed by atoms with E-state index in [1.165, 1.54) is 0 Å². The second-order valence-electron chi connectivity index (χ2n) is 10.9. The summed E-state index contributed by atoms with van der Waals surface area (Å²) in [5.41, 5.74) is 3.29. The summed E-state index contributed by atoms with van der Waals surface area (Å²) in [6, 6.07) is 27.1. The van der Waals surface area contributed by atoms with E-state index in [1.54, 1.807) is 4.90 Å². The van der Waals surface area contributed by atoms with Gasteiger partial charge in [-0.15, -0.1) is 0 Å². The smallest absolute Gasteiger partial charge is 0.410 e. The number of likely N-dealkylation sites (tertiary alicyclic amines) is 1. The molecule has 0 bridgehead atoms. The van der Waals surface area contributed by atoms with Crippen LogP contribution in [0.3, 0.4) is 0 Å². The van der Waals surface area contributed by atoms with E-state index in [9.17, 15) is 14.7 Å². The van der Waals surface area contributed by atoms with Crippen molar-refractivity contribution in [2.75, 3.05) is 19.7 Å². The molecule has 1 amide bonds. The lowest BCUT2D eigenvalue weighted by atomic mass is 9.88. The largest absolute Gasteiger partial charge is 0.493 e. The van der Waals surface area contributed by atoms with Gasteiger partial charge in [0.25, 0.3) is 0 Å². The number of aryl methyl sites for hydroxylation is 1. The van der Waals surface area contributed by atoms with E-state index in [1.807, 2.05) is 91.9 Å². The first-order valence-corrected chi connectivity index (χ1v) is 13.9. The number of carboxylic acids is 1. The molecule has 8 nitrogen and oxygen atoms in total. The van der Waals surface area contributed by atoms with Crippen LogP contribution in [0.15, 0.2) is 89.3 Å². The second kappa shape index (κ2) is 11.1. The number of rotatable bonds is 9. The summed E-state index contributed by atoms with van der Waals surface area (Å²) >= 11 is 0. The average Bonchev–Trinajstić information content (AvgIpc) is 3.38. The van der Waals surface area contributed by atoms with Crippen LogP contribution >= 0.6 is 0 Å². The molecule has 2 fully saturated rings. The lowest BCUT2D eigenvalue weighted by Gasteiger charge is -2.17. The molecule has 1 N–H and O–H groups in total. The predicted molar refractivity (Wildman–Crippen MR) is 151 cm³/mol. The van der Waals surface area contributed by atoms with Gasteiger partial charge in [0.1, 0.15) is 18.1 Å². The van der Waals surface area contributed by atoms with Gasteiger partial charge in [-0.3, -0.25) is 4.79 Å². The van der Waals surface area contributed by atoms with Gasteiger partial charge in [-0.2, -0.15) is 0 Å². The van der Waals surface area contributed by atoms with E-state index in [0.717, 1.165) is 40.3 Å². The highest BCUT2D eigenvalue weighted by molar-refractivity contribution is 5.77. The number of oxazole rings is 1. The minimum absolute atomic E-state index is 0.0683. The number of amides is 1. The monoisotopic (exact) mass is 552 g/mol. The van der Waals surface area contributed by atoms with Crippen molar-refractivity contribution in [1.29, 1.82) is 0 Å². The number of carboxylic acid groups (broad SMARTS) is 1. The molecule has 1 aliphatic carbocycles. The maximum Gasteiger partial charge on any atom is 0.410 e. The molecule has 1 spiro atoms. The predicted octanol–water partition coefficient (Wildman–Crippen LogP) is 6.10. The van der Waals surface area contributed by atoms with E-state index in [-0.39, 0.29) is 19.1 Å². The number of nitrogens with zero attached hydrogens (tertiary/aromatic N) is 2. The third-order valence-electron chi connectivity index (χ3n) is 8.27. The zero-order valence-electron chi connectivity index (χ0n) is 22.9. The van der Waals surface area contributed by atoms with Crippen molar-refractivity contribution >= 4 is 12.1 Å². The molecule has 0 radical (unpaired) electrons. The van der Waals surface area contributed by atoms with Crippen LogP contribution in [0.25, 0.3) is 11.5 Å². The fourth-order valence-electron chi connectivity index (χ4n) is 5.96. The van der Waals surface area contributed by atoms with E-state index in [4.69, 9.17) is 13.9 Å². The fourth-order valence-corrected chi connectivity index (χ4v) is 5.96. The molecule has 8 heteroatoms. The molecule has 1 saturated carbocycles. The summed E-state index contributed by atoms with van der Waals surface area (Å²) in [6.45, 7) is 3.06. The Balaban J connectivity index is 1.04. The summed E-state index contributed by atoms with van der Waals surface area (Å²) in [6.07, 6.45) is 0.873. The maximum absolute atomic E-state index is 12.8. The molecule has 4 aromatic rings. The first-order chi connectivity index (χ1) is 19.9. The highest BCUT2D eigenvalue weighted by Gasteiger charge is 2.66. The summed E-state index contributed by atoms with van der Waals surface area (Å²) in [5, 5.41) is 9.97. The quantitative estimate of drug-likeness (QED) is 0.268. The average molecular weight is 553 g/mol. The number of carbonyl (C=O) groups excluding carboxylic acids is 1. The topological polar surface area (TPSA) is 102 Å². The number of carbonyl (C=O) groups is 2. The highest BCUT2D eigenvalue weighted by atomic mass is 16.6. The number of aromatic nitrogens is 1. The number of hydrogen-bond donors (Lipinski definition) is 1. The molecule has 3 aromatic carbocycles. The second-order valence-corrected chi connectivity index (χ2v) is 10.9. The molecule has 3 unspecified atom stereocenters. The summed E-state index contributed by atoms with van der Waals surface area (Å²) < 4.78 is 17.3. The van der Waals surface area contributed by atoms with Gasteiger partial charge >= 0.3 is 12.1 Å². The third-order valence-corrected chi connectivity index (χ3v) is 8.27.